The second-order valence-corrected chi connectivity index (χ2v) is 4.50. The number of thiophene rings is 1. The van der Waals surface area contributed by atoms with E-state index in [-0.39, 0.29) is 0 Å². The van der Waals surface area contributed by atoms with Crippen LogP contribution in [-0.2, 0) is 6.54 Å². The fourth-order valence-electron chi connectivity index (χ4n) is 1.44. The van der Waals surface area contributed by atoms with Gasteiger partial charge < -0.3 is 10.4 Å². The van der Waals surface area contributed by atoms with E-state index in [9.17, 15) is 5.11 Å². The van der Waals surface area contributed by atoms with Gasteiger partial charge in [0, 0.05) is 30.4 Å². The first-order chi connectivity index (χ1) is 7.86. The molecule has 0 fully saturated rings. The van der Waals surface area contributed by atoms with Gasteiger partial charge in [-0.3, -0.25) is 4.98 Å². The van der Waals surface area contributed by atoms with Gasteiger partial charge in [-0.05, 0) is 29.1 Å². The number of aliphatic hydroxyl groups excluding tert-OH is 1. The van der Waals surface area contributed by atoms with Crippen molar-refractivity contribution in [2.45, 2.75) is 12.6 Å². The summed E-state index contributed by atoms with van der Waals surface area (Å²) in [5.41, 5.74) is 1.17. The molecule has 3 nitrogen and oxygen atoms in total. The minimum Gasteiger partial charge on any atom is -0.386 e. The average molecular weight is 234 g/mol. The predicted molar refractivity (Wildman–Crippen MR) is 65.2 cm³/mol. The molecule has 2 aromatic heterocycles. The van der Waals surface area contributed by atoms with Crippen LogP contribution in [0, 0.1) is 0 Å². The summed E-state index contributed by atoms with van der Waals surface area (Å²) < 4.78 is 0. The van der Waals surface area contributed by atoms with Crippen LogP contribution in [0.5, 0.6) is 0 Å². The van der Waals surface area contributed by atoms with Crippen LogP contribution in [-0.4, -0.2) is 16.6 Å². The molecule has 0 aromatic carbocycles. The van der Waals surface area contributed by atoms with Crippen molar-refractivity contribution in [2.24, 2.45) is 0 Å². The highest BCUT2D eigenvalue weighted by Gasteiger charge is 2.07. The molecule has 0 radical (unpaired) electrons. The minimum atomic E-state index is -0.415. The van der Waals surface area contributed by atoms with Crippen LogP contribution < -0.4 is 5.32 Å². The Morgan fingerprint density at radius 1 is 1.31 bits per heavy atom. The maximum Gasteiger partial charge on any atom is 0.101 e. The number of nitrogens with zero attached hydrogens (tertiary/aromatic N) is 1. The lowest BCUT2D eigenvalue weighted by atomic mass is 10.2. The van der Waals surface area contributed by atoms with Crippen molar-refractivity contribution in [3.8, 4) is 0 Å². The van der Waals surface area contributed by atoms with Crippen molar-refractivity contribution >= 4 is 11.3 Å². The molecule has 0 aliphatic rings. The average Bonchev–Trinajstić information content (AvgIpc) is 2.84. The monoisotopic (exact) mass is 234 g/mol. The lowest BCUT2D eigenvalue weighted by Crippen LogP contribution is -2.20. The zero-order chi connectivity index (χ0) is 11.2. The normalized spacial score (nSPS) is 12.6. The molecule has 2 rings (SSSR count). The summed E-state index contributed by atoms with van der Waals surface area (Å²) in [6, 6.07) is 7.82. The summed E-state index contributed by atoms with van der Waals surface area (Å²) in [7, 11) is 0. The Balaban J connectivity index is 1.76. The number of aliphatic hydroxyl groups is 1. The van der Waals surface area contributed by atoms with Gasteiger partial charge in [0.05, 0.1) is 0 Å². The van der Waals surface area contributed by atoms with Gasteiger partial charge in [-0.15, -0.1) is 11.3 Å². The van der Waals surface area contributed by atoms with E-state index >= 15 is 0 Å². The molecule has 1 atom stereocenters. The second-order valence-electron chi connectivity index (χ2n) is 3.52. The maximum atomic E-state index is 9.82. The molecule has 0 bridgehead atoms. The number of nitrogens with one attached hydrogen (secondary N) is 1. The first kappa shape index (κ1) is 11.3. The minimum absolute atomic E-state index is 0.415. The Morgan fingerprint density at radius 2 is 2.12 bits per heavy atom. The van der Waals surface area contributed by atoms with Gasteiger partial charge in [-0.2, -0.15) is 0 Å². The van der Waals surface area contributed by atoms with Crippen molar-refractivity contribution < 1.29 is 5.11 Å². The zero-order valence-corrected chi connectivity index (χ0v) is 9.65. The van der Waals surface area contributed by atoms with Crippen LogP contribution in [0.25, 0.3) is 0 Å². The summed E-state index contributed by atoms with van der Waals surface area (Å²) >= 11 is 1.58. The topological polar surface area (TPSA) is 45.1 Å². The fourth-order valence-corrected chi connectivity index (χ4v) is 2.15. The molecule has 0 saturated carbocycles. The highest BCUT2D eigenvalue weighted by Crippen LogP contribution is 2.17. The van der Waals surface area contributed by atoms with Crippen LogP contribution in [0.2, 0.25) is 0 Å². The van der Waals surface area contributed by atoms with Crippen LogP contribution >= 0.6 is 11.3 Å². The van der Waals surface area contributed by atoms with Crippen molar-refractivity contribution in [2.75, 3.05) is 6.54 Å². The highest BCUT2D eigenvalue weighted by atomic mass is 32.1. The van der Waals surface area contributed by atoms with E-state index in [1.165, 1.54) is 5.56 Å². The Hall–Kier alpha value is -1.23. The zero-order valence-electron chi connectivity index (χ0n) is 8.84. The van der Waals surface area contributed by atoms with E-state index in [0.717, 1.165) is 11.4 Å². The summed E-state index contributed by atoms with van der Waals surface area (Å²) in [6.07, 6.45) is 3.13. The third-order valence-corrected chi connectivity index (χ3v) is 3.26. The first-order valence-electron chi connectivity index (χ1n) is 5.17. The molecule has 2 aromatic rings. The quantitative estimate of drug-likeness (QED) is 0.831. The van der Waals surface area contributed by atoms with Gasteiger partial charge in [0.25, 0.3) is 0 Å². The summed E-state index contributed by atoms with van der Waals surface area (Å²) in [5.74, 6) is 0. The number of pyridine rings is 1. The van der Waals surface area contributed by atoms with Crippen LogP contribution in [0.3, 0.4) is 0 Å². The van der Waals surface area contributed by atoms with Crippen LogP contribution in [0.15, 0.2) is 42.0 Å². The molecule has 2 heterocycles. The summed E-state index contributed by atoms with van der Waals surface area (Å²) in [5, 5.41) is 15.0. The van der Waals surface area contributed by atoms with E-state index in [1.807, 2.05) is 29.6 Å². The van der Waals surface area contributed by atoms with Crippen molar-refractivity contribution in [3.63, 3.8) is 0 Å². The SMILES string of the molecule is OC(CNCc1ccncc1)c1cccs1. The molecule has 0 amide bonds. The Kier molecular flexibility index (Phi) is 4.04. The fraction of sp³-hybridized carbons (Fsp3) is 0.250. The van der Waals surface area contributed by atoms with Gasteiger partial charge in [-0.1, -0.05) is 6.07 Å². The third-order valence-electron chi connectivity index (χ3n) is 2.29. The van der Waals surface area contributed by atoms with E-state index in [1.54, 1.807) is 23.7 Å². The first-order valence-corrected chi connectivity index (χ1v) is 6.05. The molecule has 2 N–H and O–H groups in total. The molecule has 1 unspecified atom stereocenters. The standard InChI is InChI=1S/C12H14N2OS/c15-11(12-2-1-7-16-12)9-14-8-10-3-5-13-6-4-10/h1-7,11,14-15H,8-9H2. The van der Waals surface area contributed by atoms with Crippen LogP contribution in [0.4, 0.5) is 0 Å². The van der Waals surface area contributed by atoms with Crippen LogP contribution in [0.1, 0.15) is 16.5 Å². The predicted octanol–water partition coefficient (Wildman–Crippen LogP) is 1.97. The van der Waals surface area contributed by atoms with Gasteiger partial charge in [-0.25, -0.2) is 0 Å². The Bertz CT molecular complexity index is 402. The third kappa shape index (κ3) is 3.13. The smallest absolute Gasteiger partial charge is 0.101 e. The van der Waals surface area contributed by atoms with Crippen molar-refractivity contribution in [1.82, 2.24) is 10.3 Å². The molecular weight excluding hydrogens is 220 g/mol. The van der Waals surface area contributed by atoms with Crippen molar-refractivity contribution in [3.05, 3.63) is 52.5 Å². The van der Waals surface area contributed by atoms with E-state index in [2.05, 4.69) is 10.3 Å². The number of aromatic nitrogens is 1. The molecule has 0 aliphatic heterocycles. The van der Waals surface area contributed by atoms with Gasteiger partial charge in [0.1, 0.15) is 6.10 Å². The van der Waals surface area contributed by atoms with Gasteiger partial charge in [0.2, 0.25) is 0 Å². The molecule has 0 saturated heterocycles. The molecule has 84 valence electrons. The summed E-state index contributed by atoms with van der Waals surface area (Å²) in [4.78, 5) is 4.96. The summed E-state index contributed by atoms with van der Waals surface area (Å²) in [6.45, 7) is 1.33. The largest absolute Gasteiger partial charge is 0.386 e. The van der Waals surface area contributed by atoms with Crippen molar-refractivity contribution in [1.29, 1.82) is 0 Å². The lowest BCUT2D eigenvalue weighted by molar-refractivity contribution is 0.178. The molecule has 0 aliphatic carbocycles. The number of hydrogen-bond donors (Lipinski definition) is 2. The van der Waals surface area contributed by atoms with E-state index in [4.69, 9.17) is 0 Å². The molecule has 16 heavy (non-hydrogen) atoms. The molecular formula is C12H14N2OS. The second kappa shape index (κ2) is 5.75. The van der Waals surface area contributed by atoms with E-state index in [0.29, 0.717) is 6.54 Å². The lowest BCUT2D eigenvalue weighted by Gasteiger charge is -2.09. The Labute approximate surface area is 98.8 Å². The number of hydrogen-bond acceptors (Lipinski definition) is 4. The van der Waals surface area contributed by atoms with Gasteiger partial charge in [0.15, 0.2) is 0 Å². The number of rotatable bonds is 5. The maximum absolute atomic E-state index is 9.82. The van der Waals surface area contributed by atoms with Gasteiger partial charge >= 0.3 is 0 Å². The highest BCUT2D eigenvalue weighted by molar-refractivity contribution is 7.10. The molecule has 4 heteroatoms. The molecule has 0 spiro atoms. The Morgan fingerprint density at radius 3 is 2.81 bits per heavy atom. The van der Waals surface area contributed by atoms with E-state index < -0.39 is 6.10 Å².